The Balaban J connectivity index is 1.83. The Labute approximate surface area is 132 Å². The molecule has 23 heavy (non-hydrogen) atoms. The molecule has 0 radical (unpaired) electrons. The van der Waals surface area contributed by atoms with Crippen molar-refractivity contribution in [1.29, 1.82) is 5.26 Å². The number of aromatic nitrogens is 4. The van der Waals surface area contributed by atoms with Crippen molar-refractivity contribution in [3.8, 4) is 6.07 Å². The van der Waals surface area contributed by atoms with Gasteiger partial charge >= 0.3 is 0 Å². The molecule has 0 amide bonds. The molecular formula is C16H16N6O. The highest BCUT2D eigenvalue weighted by molar-refractivity contribution is 5.53. The zero-order valence-electron chi connectivity index (χ0n) is 12.9. The van der Waals surface area contributed by atoms with Crippen LogP contribution >= 0.6 is 0 Å². The maximum Gasteiger partial charge on any atom is 0.272 e. The fourth-order valence-corrected chi connectivity index (χ4v) is 2.49. The largest absolute Gasteiger partial charge is 0.295 e. The molecule has 3 aromatic rings. The van der Waals surface area contributed by atoms with Crippen molar-refractivity contribution in [3.05, 3.63) is 63.5 Å². The predicted molar refractivity (Wildman–Crippen MR) is 84.7 cm³/mol. The smallest absolute Gasteiger partial charge is 0.272 e. The van der Waals surface area contributed by atoms with Gasteiger partial charge in [-0.3, -0.25) is 19.8 Å². The van der Waals surface area contributed by atoms with Crippen molar-refractivity contribution in [2.75, 3.05) is 7.05 Å². The summed E-state index contributed by atoms with van der Waals surface area (Å²) in [6.07, 6.45) is 1.48. The molecule has 0 unspecified atom stereocenters. The van der Waals surface area contributed by atoms with Crippen LogP contribution in [0.4, 0.5) is 0 Å². The number of H-pyrrole nitrogens is 1. The van der Waals surface area contributed by atoms with E-state index in [0.717, 1.165) is 11.4 Å². The molecule has 116 valence electrons. The number of rotatable bonds is 4. The van der Waals surface area contributed by atoms with Crippen LogP contribution in [0.1, 0.15) is 22.6 Å². The average molecular weight is 308 g/mol. The maximum absolute atomic E-state index is 12.1. The molecule has 3 rings (SSSR count). The van der Waals surface area contributed by atoms with Crippen LogP contribution in [0, 0.1) is 18.3 Å². The number of nitrogens with zero attached hydrogens (tertiary/aromatic N) is 5. The first-order valence-corrected chi connectivity index (χ1v) is 7.18. The normalized spacial score (nSPS) is 11.0. The molecule has 1 N–H and O–H groups in total. The van der Waals surface area contributed by atoms with E-state index in [4.69, 9.17) is 5.26 Å². The van der Waals surface area contributed by atoms with Crippen LogP contribution in [0.2, 0.25) is 0 Å². The first-order chi connectivity index (χ1) is 11.1. The first-order valence-electron chi connectivity index (χ1n) is 7.18. The Hall–Kier alpha value is -2.98. The topological polar surface area (TPSA) is 90.1 Å². The molecule has 0 atom stereocenters. The summed E-state index contributed by atoms with van der Waals surface area (Å²) in [6, 6.07) is 9.40. The SMILES string of the molecule is Cc1cccc(CN(C)Cc2cc(=O)n3[nH]cc(C#N)c3n2)n1. The van der Waals surface area contributed by atoms with Gasteiger partial charge in [0, 0.05) is 31.0 Å². The van der Waals surface area contributed by atoms with Gasteiger partial charge in [-0.1, -0.05) is 6.07 Å². The van der Waals surface area contributed by atoms with Gasteiger partial charge in [0.2, 0.25) is 0 Å². The van der Waals surface area contributed by atoms with Gasteiger partial charge in [-0.25, -0.2) is 9.50 Å². The van der Waals surface area contributed by atoms with Crippen LogP contribution in [0.25, 0.3) is 5.65 Å². The molecular weight excluding hydrogens is 292 g/mol. The lowest BCUT2D eigenvalue weighted by Crippen LogP contribution is -2.22. The predicted octanol–water partition coefficient (Wildman–Crippen LogP) is 1.23. The summed E-state index contributed by atoms with van der Waals surface area (Å²) < 4.78 is 1.27. The van der Waals surface area contributed by atoms with E-state index in [0.29, 0.717) is 30.0 Å². The van der Waals surface area contributed by atoms with Crippen molar-refractivity contribution in [1.82, 2.24) is 24.5 Å². The summed E-state index contributed by atoms with van der Waals surface area (Å²) in [5.41, 5.74) is 3.04. The Morgan fingerprint density at radius 1 is 1.30 bits per heavy atom. The number of pyridine rings is 1. The van der Waals surface area contributed by atoms with Gasteiger partial charge in [-0.2, -0.15) is 5.26 Å². The molecule has 0 aliphatic carbocycles. The molecule has 7 heteroatoms. The van der Waals surface area contributed by atoms with Gasteiger partial charge in [0.1, 0.15) is 11.6 Å². The molecule has 0 aromatic carbocycles. The van der Waals surface area contributed by atoms with Crippen molar-refractivity contribution in [3.63, 3.8) is 0 Å². The highest BCUT2D eigenvalue weighted by Gasteiger charge is 2.10. The van der Waals surface area contributed by atoms with Gasteiger partial charge in [0.15, 0.2) is 5.65 Å². The molecule has 0 fully saturated rings. The number of aryl methyl sites for hydroxylation is 1. The average Bonchev–Trinajstić information content (AvgIpc) is 2.90. The van der Waals surface area contributed by atoms with E-state index in [2.05, 4.69) is 15.1 Å². The van der Waals surface area contributed by atoms with Crippen LogP contribution in [0.15, 0.2) is 35.3 Å². The summed E-state index contributed by atoms with van der Waals surface area (Å²) in [5, 5.41) is 11.8. The fourth-order valence-electron chi connectivity index (χ4n) is 2.49. The zero-order valence-corrected chi connectivity index (χ0v) is 12.9. The lowest BCUT2D eigenvalue weighted by Gasteiger charge is -2.15. The Bertz CT molecular complexity index is 949. The van der Waals surface area contributed by atoms with E-state index < -0.39 is 0 Å². The second-order valence-electron chi connectivity index (χ2n) is 5.49. The van der Waals surface area contributed by atoms with E-state index in [-0.39, 0.29) is 5.56 Å². The minimum atomic E-state index is -0.228. The van der Waals surface area contributed by atoms with Crippen molar-refractivity contribution in [2.24, 2.45) is 0 Å². The van der Waals surface area contributed by atoms with Crippen LogP contribution in [-0.2, 0) is 13.1 Å². The highest BCUT2D eigenvalue weighted by Crippen LogP contribution is 2.08. The second kappa shape index (κ2) is 6.02. The Morgan fingerprint density at radius 3 is 2.83 bits per heavy atom. The van der Waals surface area contributed by atoms with Crippen LogP contribution in [-0.4, -0.2) is 31.5 Å². The minimum absolute atomic E-state index is 0.228. The van der Waals surface area contributed by atoms with Crippen LogP contribution < -0.4 is 5.56 Å². The summed E-state index contributed by atoms with van der Waals surface area (Å²) in [5.74, 6) is 0. The molecule has 0 saturated carbocycles. The van der Waals surface area contributed by atoms with Crippen LogP contribution in [0.5, 0.6) is 0 Å². The lowest BCUT2D eigenvalue weighted by molar-refractivity contribution is 0.311. The summed E-state index contributed by atoms with van der Waals surface area (Å²) in [4.78, 5) is 23.0. The van der Waals surface area contributed by atoms with Crippen molar-refractivity contribution in [2.45, 2.75) is 20.0 Å². The fraction of sp³-hybridized carbons (Fsp3) is 0.250. The molecule has 0 bridgehead atoms. The van der Waals surface area contributed by atoms with Gasteiger partial charge < -0.3 is 0 Å². The van der Waals surface area contributed by atoms with Gasteiger partial charge in [0.05, 0.1) is 11.4 Å². The minimum Gasteiger partial charge on any atom is -0.295 e. The third kappa shape index (κ3) is 3.12. The third-order valence-corrected chi connectivity index (χ3v) is 3.48. The number of aromatic amines is 1. The van der Waals surface area contributed by atoms with Gasteiger partial charge in [-0.05, 0) is 26.1 Å². The molecule has 7 nitrogen and oxygen atoms in total. The number of fused-ring (bicyclic) bond motifs is 1. The van der Waals surface area contributed by atoms with E-state index in [1.807, 2.05) is 43.1 Å². The Kier molecular flexibility index (Phi) is 3.91. The molecule has 0 saturated heterocycles. The molecule has 3 heterocycles. The van der Waals surface area contributed by atoms with E-state index >= 15 is 0 Å². The zero-order chi connectivity index (χ0) is 16.4. The summed E-state index contributed by atoms with van der Waals surface area (Å²) in [7, 11) is 1.94. The van der Waals surface area contributed by atoms with Gasteiger partial charge in [-0.15, -0.1) is 0 Å². The molecule has 0 aliphatic rings. The molecule has 3 aromatic heterocycles. The first kappa shape index (κ1) is 14.9. The van der Waals surface area contributed by atoms with Crippen LogP contribution in [0.3, 0.4) is 0 Å². The lowest BCUT2D eigenvalue weighted by atomic mass is 10.3. The molecule has 0 spiro atoms. The number of hydrogen-bond donors (Lipinski definition) is 1. The Morgan fingerprint density at radius 2 is 2.09 bits per heavy atom. The molecule has 0 aliphatic heterocycles. The standard InChI is InChI=1S/C16H16N6O/c1-11-4-3-5-13(19-11)9-21(2)10-14-6-15(23)22-16(20-14)12(7-17)8-18-22/h3-6,8,18H,9-10H2,1-2H3. The summed E-state index contributed by atoms with van der Waals surface area (Å²) in [6.45, 7) is 3.10. The van der Waals surface area contributed by atoms with E-state index in [9.17, 15) is 4.79 Å². The maximum atomic E-state index is 12.1. The highest BCUT2D eigenvalue weighted by atomic mass is 16.1. The van der Waals surface area contributed by atoms with E-state index in [1.165, 1.54) is 16.8 Å². The third-order valence-electron chi connectivity index (χ3n) is 3.48. The van der Waals surface area contributed by atoms with Gasteiger partial charge in [0.25, 0.3) is 5.56 Å². The second-order valence-corrected chi connectivity index (χ2v) is 5.49. The number of nitrogens with one attached hydrogen (secondary N) is 1. The van der Waals surface area contributed by atoms with Crippen molar-refractivity contribution >= 4 is 5.65 Å². The quantitative estimate of drug-likeness (QED) is 0.783. The summed E-state index contributed by atoms with van der Waals surface area (Å²) >= 11 is 0. The number of hydrogen-bond acceptors (Lipinski definition) is 5. The van der Waals surface area contributed by atoms with E-state index in [1.54, 1.807) is 0 Å². The van der Waals surface area contributed by atoms with Crippen molar-refractivity contribution < 1.29 is 0 Å². The monoisotopic (exact) mass is 308 g/mol. The number of nitriles is 1.